The first-order chi connectivity index (χ1) is 16.0. The molecule has 0 unspecified atom stereocenters. The Morgan fingerprint density at radius 2 is 1.79 bits per heavy atom. The van der Waals surface area contributed by atoms with Gasteiger partial charge in [0.15, 0.2) is 5.88 Å². The topological polar surface area (TPSA) is 90.4 Å². The van der Waals surface area contributed by atoms with Gasteiger partial charge in [-0.05, 0) is 72.9 Å². The van der Waals surface area contributed by atoms with E-state index < -0.39 is 0 Å². The monoisotopic (exact) mass is 481 g/mol. The van der Waals surface area contributed by atoms with Crippen LogP contribution in [0.4, 0.5) is 5.69 Å². The minimum atomic E-state index is -0.0147. The number of benzene rings is 2. The smallest absolute Gasteiger partial charge is 0.228 e. The summed E-state index contributed by atoms with van der Waals surface area (Å²) in [6.45, 7) is 2.13. The van der Waals surface area contributed by atoms with Crippen LogP contribution in [0.5, 0.6) is 0 Å². The predicted octanol–water partition coefficient (Wildman–Crippen LogP) is 5.48. The molecule has 5 nitrogen and oxygen atoms in total. The predicted molar refractivity (Wildman–Crippen MR) is 139 cm³/mol. The molecule has 0 spiro atoms. The average Bonchev–Trinajstić information content (AvgIpc) is 3.72. The molecule has 2 aliphatic carbocycles. The van der Waals surface area contributed by atoms with Gasteiger partial charge in [0.25, 0.3) is 0 Å². The molecular formula is C26H31N3O2S2. The SMILES string of the molecule is CCSc1ccc(CC(=O)Nc2ccc(C3(S/C(N)=C/C=C(\N)OC4CC4)CC3)cc2)cc1. The van der Waals surface area contributed by atoms with Crippen LogP contribution < -0.4 is 16.8 Å². The second-order valence-electron chi connectivity index (χ2n) is 8.43. The van der Waals surface area contributed by atoms with Crippen LogP contribution >= 0.6 is 23.5 Å². The number of hydrogen-bond acceptors (Lipinski definition) is 6. The molecule has 0 heterocycles. The van der Waals surface area contributed by atoms with E-state index in [0.29, 0.717) is 12.3 Å². The summed E-state index contributed by atoms with van der Waals surface area (Å²) in [6, 6.07) is 16.3. The number of hydrogen-bond donors (Lipinski definition) is 3. The highest BCUT2D eigenvalue weighted by Crippen LogP contribution is 2.58. The van der Waals surface area contributed by atoms with E-state index in [-0.39, 0.29) is 16.8 Å². The standard InChI is InChI=1S/C26H31N3O2S2/c1-2-32-22-11-3-18(4-12-22)17-25(30)29-20-7-5-19(6-8-20)26(15-16-26)33-24(28)14-13-23(27)31-21-9-10-21/h3-8,11-14,21H,2,9-10,15-17,27-28H2,1H3,(H,29,30)/b23-13+,24-14+. The van der Waals surface area contributed by atoms with Gasteiger partial charge in [-0.25, -0.2) is 0 Å². The highest BCUT2D eigenvalue weighted by Gasteiger charge is 2.45. The van der Waals surface area contributed by atoms with Gasteiger partial charge in [-0.2, -0.15) is 0 Å². The zero-order valence-electron chi connectivity index (χ0n) is 18.9. The summed E-state index contributed by atoms with van der Waals surface area (Å²) >= 11 is 3.46. The summed E-state index contributed by atoms with van der Waals surface area (Å²) in [7, 11) is 0. The lowest BCUT2D eigenvalue weighted by Gasteiger charge is -2.16. The zero-order chi connectivity index (χ0) is 23.3. The number of anilines is 1. The maximum atomic E-state index is 12.5. The van der Waals surface area contributed by atoms with Crippen molar-refractivity contribution in [1.82, 2.24) is 0 Å². The van der Waals surface area contributed by atoms with E-state index >= 15 is 0 Å². The third kappa shape index (κ3) is 6.98. The number of thioether (sulfide) groups is 2. The highest BCUT2D eigenvalue weighted by atomic mass is 32.2. The fourth-order valence-corrected chi connectivity index (χ4v) is 5.33. The summed E-state index contributed by atoms with van der Waals surface area (Å²) in [6.07, 6.45) is 8.50. The van der Waals surface area contributed by atoms with Gasteiger partial charge in [0.05, 0.1) is 11.4 Å². The van der Waals surface area contributed by atoms with Crippen LogP contribution in [0.25, 0.3) is 0 Å². The Bertz CT molecular complexity index is 1020. The van der Waals surface area contributed by atoms with Crippen molar-refractivity contribution in [2.45, 2.75) is 54.8 Å². The quantitative estimate of drug-likeness (QED) is 0.224. The third-order valence-electron chi connectivity index (χ3n) is 5.55. The lowest BCUT2D eigenvalue weighted by atomic mass is 10.1. The molecule has 174 valence electrons. The number of nitrogens with two attached hydrogens (primary N) is 2. The maximum absolute atomic E-state index is 12.5. The molecule has 2 fully saturated rings. The number of rotatable bonds is 11. The molecule has 0 bridgehead atoms. The largest absolute Gasteiger partial charge is 0.476 e. The summed E-state index contributed by atoms with van der Waals surface area (Å²) < 4.78 is 5.53. The summed E-state index contributed by atoms with van der Waals surface area (Å²) in [5.74, 6) is 1.44. The second kappa shape index (κ2) is 10.6. The van der Waals surface area contributed by atoms with Crippen LogP contribution in [0.1, 0.15) is 43.7 Å². The minimum Gasteiger partial charge on any atom is -0.476 e. The molecule has 4 rings (SSSR count). The van der Waals surface area contributed by atoms with E-state index in [2.05, 4.69) is 36.5 Å². The molecule has 33 heavy (non-hydrogen) atoms. The Kier molecular flexibility index (Phi) is 7.60. The van der Waals surface area contributed by atoms with Gasteiger partial charge in [-0.1, -0.05) is 43.0 Å². The van der Waals surface area contributed by atoms with Crippen molar-refractivity contribution in [3.63, 3.8) is 0 Å². The first-order valence-corrected chi connectivity index (χ1v) is 13.2. The number of ether oxygens (including phenoxy) is 1. The van der Waals surface area contributed by atoms with Gasteiger partial charge < -0.3 is 21.5 Å². The van der Waals surface area contributed by atoms with Crippen molar-refractivity contribution >= 4 is 35.1 Å². The molecule has 0 aliphatic heterocycles. The van der Waals surface area contributed by atoms with Gasteiger partial charge in [-0.3, -0.25) is 4.79 Å². The van der Waals surface area contributed by atoms with Gasteiger partial charge in [0.1, 0.15) is 6.10 Å². The number of allylic oxidation sites excluding steroid dienone is 2. The van der Waals surface area contributed by atoms with Crippen LogP contribution in [-0.2, 0) is 20.7 Å². The highest BCUT2D eigenvalue weighted by molar-refractivity contribution is 8.04. The normalized spacial score (nSPS) is 17.5. The molecule has 7 heteroatoms. The van der Waals surface area contributed by atoms with Crippen LogP contribution in [0.3, 0.4) is 0 Å². The average molecular weight is 482 g/mol. The van der Waals surface area contributed by atoms with Crippen molar-refractivity contribution < 1.29 is 9.53 Å². The van der Waals surface area contributed by atoms with Crippen LogP contribution in [0, 0.1) is 0 Å². The van der Waals surface area contributed by atoms with E-state index in [9.17, 15) is 4.79 Å². The molecular weight excluding hydrogens is 450 g/mol. The molecule has 5 N–H and O–H groups in total. The molecule has 2 aliphatic rings. The van der Waals surface area contributed by atoms with Gasteiger partial charge in [0, 0.05) is 21.4 Å². The van der Waals surface area contributed by atoms with Gasteiger partial charge in [0.2, 0.25) is 5.91 Å². The van der Waals surface area contributed by atoms with Gasteiger partial charge in [-0.15, -0.1) is 11.8 Å². The van der Waals surface area contributed by atoms with Crippen molar-refractivity contribution in [1.29, 1.82) is 0 Å². The van der Waals surface area contributed by atoms with Crippen molar-refractivity contribution in [3.05, 3.63) is 82.7 Å². The van der Waals surface area contributed by atoms with Gasteiger partial charge >= 0.3 is 0 Å². The molecule has 0 aromatic heterocycles. The van der Waals surface area contributed by atoms with Crippen molar-refractivity contribution in [2.24, 2.45) is 11.5 Å². The molecule has 0 atom stereocenters. The zero-order valence-corrected chi connectivity index (χ0v) is 20.5. The van der Waals surface area contributed by atoms with E-state index in [4.69, 9.17) is 16.2 Å². The maximum Gasteiger partial charge on any atom is 0.228 e. The minimum absolute atomic E-state index is 0.00131. The Morgan fingerprint density at radius 1 is 1.09 bits per heavy atom. The van der Waals surface area contributed by atoms with E-state index in [1.807, 2.05) is 30.3 Å². The van der Waals surface area contributed by atoms with Crippen molar-refractivity contribution in [2.75, 3.05) is 11.1 Å². The summed E-state index contributed by atoms with van der Waals surface area (Å²) in [5, 5.41) is 3.72. The second-order valence-corrected chi connectivity index (χ2v) is 11.2. The molecule has 2 aromatic carbocycles. The fraction of sp³-hybridized carbons (Fsp3) is 0.346. The lowest BCUT2D eigenvalue weighted by Crippen LogP contribution is -2.14. The van der Waals surface area contributed by atoms with Crippen molar-refractivity contribution in [3.8, 4) is 0 Å². The van der Waals surface area contributed by atoms with E-state index in [1.165, 1.54) is 10.5 Å². The summed E-state index contributed by atoms with van der Waals surface area (Å²) in [4.78, 5) is 13.7. The third-order valence-corrected chi connectivity index (χ3v) is 7.85. The number of carbonyl (C=O) groups is 1. The Balaban J connectivity index is 1.30. The first kappa shape index (κ1) is 23.6. The Labute approximate surface area is 204 Å². The van der Waals surface area contributed by atoms with E-state index in [1.54, 1.807) is 29.6 Å². The number of amides is 1. The van der Waals surface area contributed by atoms with Crippen LogP contribution in [0.2, 0.25) is 0 Å². The fourth-order valence-electron chi connectivity index (χ4n) is 3.52. The van der Waals surface area contributed by atoms with E-state index in [0.717, 1.165) is 47.7 Å². The molecule has 2 aromatic rings. The Hall–Kier alpha value is -2.51. The molecule has 0 radical (unpaired) electrons. The van der Waals surface area contributed by atoms with Crippen LogP contribution in [-0.4, -0.2) is 17.8 Å². The molecule has 0 saturated heterocycles. The molecule has 1 amide bonds. The first-order valence-electron chi connectivity index (χ1n) is 11.4. The number of carbonyl (C=O) groups excluding carboxylic acids is 1. The lowest BCUT2D eigenvalue weighted by molar-refractivity contribution is -0.115. The van der Waals surface area contributed by atoms with Crippen LogP contribution in [0.15, 0.2) is 76.5 Å². The summed E-state index contributed by atoms with van der Waals surface area (Å²) in [5.41, 5.74) is 15.1. The number of nitrogens with one attached hydrogen (secondary N) is 1. The Morgan fingerprint density at radius 3 is 2.39 bits per heavy atom. The molecule has 2 saturated carbocycles.